The minimum atomic E-state index is 0.366. The first-order chi connectivity index (χ1) is 11.2. The van der Waals surface area contributed by atoms with Crippen molar-refractivity contribution in [3.8, 4) is 0 Å². The van der Waals surface area contributed by atoms with Gasteiger partial charge in [-0.2, -0.15) is 0 Å². The van der Waals surface area contributed by atoms with Gasteiger partial charge in [0.25, 0.3) is 0 Å². The fourth-order valence-corrected chi connectivity index (χ4v) is 3.47. The maximum absolute atomic E-state index is 6.03. The maximum Gasteiger partial charge on any atom is 0.199 e. The molecule has 0 bridgehead atoms. The van der Waals surface area contributed by atoms with Crippen molar-refractivity contribution in [1.82, 2.24) is 9.88 Å². The van der Waals surface area contributed by atoms with E-state index in [1.165, 1.54) is 11.1 Å². The van der Waals surface area contributed by atoms with Crippen LogP contribution >= 0.6 is 11.6 Å². The molecular weight excluding hydrogens is 308 g/mol. The minimum Gasteiger partial charge on any atom is -0.440 e. The summed E-state index contributed by atoms with van der Waals surface area (Å²) in [6, 6.07) is 14.2. The molecular formula is C19H19ClN2O. The minimum absolute atomic E-state index is 0.366. The van der Waals surface area contributed by atoms with Crippen molar-refractivity contribution >= 4 is 22.7 Å². The standard InChI is InChI=1S/C19H19ClN2O/c1-13-4-2-3-5-14(13)11-22-9-8-15(12-22)19-21-17-10-16(20)6-7-18(17)23-19/h2-7,10,15H,8-9,11-12H2,1H3. The monoisotopic (exact) mass is 326 g/mol. The van der Waals surface area contributed by atoms with Gasteiger partial charge in [0.05, 0.1) is 0 Å². The van der Waals surface area contributed by atoms with Crippen LogP contribution in [0.1, 0.15) is 29.4 Å². The molecule has 0 N–H and O–H groups in total. The second-order valence-corrected chi connectivity index (χ2v) is 6.75. The Balaban J connectivity index is 1.50. The average Bonchev–Trinajstić information content (AvgIpc) is 3.15. The van der Waals surface area contributed by atoms with E-state index in [2.05, 4.69) is 41.1 Å². The lowest BCUT2D eigenvalue weighted by Crippen LogP contribution is -2.20. The molecule has 1 unspecified atom stereocenters. The number of aromatic nitrogens is 1. The van der Waals surface area contributed by atoms with Gasteiger partial charge in [-0.25, -0.2) is 4.98 Å². The molecule has 1 aliphatic heterocycles. The summed E-state index contributed by atoms with van der Waals surface area (Å²) in [5, 5.41) is 0.699. The smallest absolute Gasteiger partial charge is 0.199 e. The molecule has 1 saturated heterocycles. The Morgan fingerprint density at radius 2 is 2.13 bits per heavy atom. The Morgan fingerprint density at radius 3 is 3.00 bits per heavy atom. The Labute approximate surface area is 140 Å². The summed E-state index contributed by atoms with van der Waals surface area (Å²) in [4.78, 5) is 7.12. The first-order valence-electron chi connectivity index (χ1n) is 8.02. The Hall–Kier alpha value is -1.84. The molecule has 1 fully saturated rings. The summed E-state index contributed by atoms with van der Waals surface area (Å²) in [5.41, 5.74) is 4.43. The highest BCUT2D eigenvalue weighted by atomic mass is 35.5. The van der Waals surface area contributed by atoms with E-state index in [9.17, 15) is 0 Å². The molecule has 23 heavy (non-hydrogen) atoms. The van der Waals surface area contributed by atoms with Gasteiger partial charge < -0.3 is 4.42 Å². The summed E-state index contributed by atoms with van der Waals surface area (Å²) in [7, 11) is 0. The quantitative estimate of drug-likeness (QED) is 0.693. The predicted molar refractivity (Wildman–Crippen MR) is 92.8 cm³/mol. The number of benzene rings is 2. The summed E-state index contributed by atoms with van der Waals surface area (Å²) < 4.78 is 5.93. The van der Waals surface area contributed by atoms with Crippen LogP contribution in [0.2, 0.25) is 5.02 Å². The van der Waals surface area contributed by atoms with E-state index in [4.69, 9.17) is 16.0 Å². The lowest BCUT2D eigenvalue weighted by atomic mass is 10.1. The zero-order chi connectivity index (χ0) is 15.8. The van der Waals surface area contributed by atoms with Crippen molar-refractivity contribution in [1.29, 1.82) is 0 Å². The van der Waals surface area contributed by atoms with Gasteiger partial charge in [0.2, 0.25) is 0 Å². The van der Waals surface area contributed by atoms with Crippen LogP contribution in [-0.4, -0.2) is 23.0 Å². The normalized spacial score (nSPS) is 18.8. The summed E-state index contributed by atoms with van der Waals surface area (Å²) in [6.07, 6.45) is 1.09. The number of likely N-dealkylation sites (tertiary alicyclic amines) is 1. The fourth-order valence-electron chi connectivity index (χ4n) is 3.30. The molecule has 3 nitrogen and oxygen atoms in total. The van der Waals surface area contributed by atoms with Crippen molar-refractivity contribution in [3.63, 3.8) is 0 Å². The van der Waals surface area contributed by atoms with E-state index in [0.717, 1.165) is 43.0 Å². The molecule has 0 aliphatic carbocycles. The summed E-state index contributed by atoms with van der Waals surface area (Å²) in [6.45, 7) is 5.25. The van der Waals surface area contributed by atoms with Gasteiger partial charge in [0.1, 0.15) is 5.52 Å². The first-order valence-corrected chi connectivity index (χ1v) is 8.40. The van der Waals surface area contributed by atoms with E-state index < -0.39 is 0 Å². The molecule has 0 radical (unpaired) electrons. The molecule has 1 aromatic heterocycles. The third-order valence-electron chi connectivity index (χ3n) is 4.64. The van der Waals surface area contributed by atoms with E-state index >= 15 is 0 Å². The lowest BCUT2D eigenvalue weighted by molar-refractivity contribution is 0.320. The average molecular weight is 327 g/mol. The van der Waals surface area contributed by atoms with Gasteiger partial charge in [-0.1, -0.05) is 35.9 Å². The number of rotatable bonds is 3. The van der Waals surface area contributed by atoms with Crippen LogP contribution in [0, 0.1) is 6.92 Å². The summed E-state index contributed by atoms with van der Waals surface area (Å²) in [5.74, 6) is 1.21. The number of aryl methyl sites for hydroxylation is 1. The molecule has 1 aliphatic rings. The molecule has 0 saturated carbocycles. The van der Waals surface area contributed by atoms with Crippen molar-refractivity contribution in [2.24, 2.45) is 0 Å². The van der Waals surface area contributed by atoms with Crippen molar-refractivity contribution in [2.75, 3.05) is 13.1 Å². The molecule has 3 aromatic rings. The van der Waals surface area contributed by atoms with Crippen molar-refractivity contribution in [3.05, 3.63) is 64.5 Å². The number of fused-ring (bicyclic) bond motifs is 1. The van der Waals surface area contributed by atoms with E-state index in [-0.39, 0.29) is 0 Å². The zero-order valence-electron chi connectivity index (χ0n) is 13.1. The SMILES string of the molecule is Cc1ccccc1CN1CCC(c2nc3cc(Cl)ccc3o2)C1. The van der Waals surface area contributed by atoms with Gasteiger partial charge in [-0.3, -0.25) is 4.90 Å². The number of oxazole rings is 1. The van der Waals surface area contributed by atoms with Gasteiger partial charge >= 0.3 is 0 Å². The topological polar surface area (TPSA) is 29.3 Å². The Kier molecular flexibility index (Phi) is 3.83. The van der Waals surface area contributed by atoms with Gasteiger partial charge in [0, 0.05) is 24.0 Å². The largest absolute Gasteiger partial charge is 0.440 e. The zero-order valence-corrected chi connectivity index (χ0v) is 13.9. The van der Waals surface area contributed by atoms with Gasteiger partial charge in [0.15, 0.2) is 11.5 Å². The van der Waals surface area contributed by atoms with Crippen LogP contribution in [0.3, 0.4) is 0 Å². The number of hydrogen-bond donors (Lipinski definition) is 0. The van der Waals surface area contributed by atoms with Gasteiger partial charge in [-0.05, 0) is 49.2 Å². The molecule has 1 atom stereocenters. The van der Waals surface area contributed by atoms with Crippen LogP contribution < -0.4 is 0 Å². The van der Waals surface area contributed by atoms with Crippen LogP contribution in [0.15, 0.2) is 46.9 Å². The Morgan fingerprint density at radius 1 is 1.26 bits per heavy atom. The van der Waals surface area contributed by atoms with Gasteiger partial charge in [-0.15, -0.1) is 0 Å². The highest BCUT2D eigenvalue weighted by Crippen LogP contribution is 2.31. The van der Waals surface area contributed by atoms with Crippen LogP contribution in [0.4, 0.5) is 0 Å². The lowest BCUT2D eigenvalue weighted by Gasteiger charge is -2.16. The summed E-state index contributed by atoms with van der Waals surface area (Å²) >= 11 is 6.03. The molecule has 2 aromatic carbocycles. The Bertz CT molecular complexity index is 842. The van der Waals surface area contributed by atoms with Crippen LogP contribution in [0.25, 0.3) is 11.1 Å². The molecule has 4 rings (SSSR count). The molecule has 4 heteroatoms. The molecule has 0 spiro atoms. The van der Waals surface area contributed by atoms with E-state index in [1.54, 1.807) is 0 Å². The highest BCUT2D eigenvalue weighted by molar-refractivity contribution is 6.31. The fraction of sp³-hybridized carbons (Fsp3) is 0.316. The second kappa shape index (κ2) is 5.99. The molecule has 2 heterocycles. The number of hydrogen-bond acceptors (Lipinski definition) is 3. The van der Waals surface area contributed by atoms with Crippen molar-refractivity contribution < 1.29 is 4.42 Å². The van der Waals surface area contributed by atoms with Crippen LogP contribution in [-0.2, 0) is 6.54 Å². The predicted octanol–water partition coefficient (Wildman–Crippen LogP) is 4.78. The third-order valence-corrected chi connectivity index (χ3v) is 4.88. The molecule has 0 amide bonds. The molecule has 118 valence electrons. The number of halogens is 1. The third kappa shape index (κ3) is 2.99. The van der Waals surface area contributed by atoms with E-state index in [1.807, 2.05) is 18.2 Å². The van der Waals surface area contributed by atoms with Crippen molar-refractivity contribution in [2.45, 2.75) is 25.8 Å². The number of nitrogens with zero attached hydrogens (tertiary/aromatic N) is 2. The van der Waals surface area contributed by atoms with Crippen LogP contribution in [0.5, 0.6) is 0 Å². The van der Waals surface area contributed by atoms with E-state index in [0.29, 0.717) is 10.9 Å². The maximum atomic E-state index is 6.03. The second-order valence-electron chi connectivity index (χ2n) is 6.31. The first kappa shape index (κ1) is 14.7. The highest BCUT2D eigenvalue weighted by Gasteiger charge is 2.28.